The molecule has 1 amide bonds. The molecular formula is C21H18F3N3O. The Balaban J connectivity index is 1.76. The van der Waals surface area contributed by atoms with E-state index in [1.54, 1.807) is 0 Å². The summed E-state index contributed by atoms with van der Waals surface area (Å²) >= 11 is 0. The lowest BCUT2D eigenvalue weighted by molar-refractivity contribution is -0.136. The van der Waals surface area contributed by atoms with Crippen molar-refractivity contribution in [3.8, 4) is 0 Å². The van der Waals surface area contributed by atoms with Crippen molar-refractivity contribution in [2.24, 2.45) is 0 Å². The monoisotopic (exact) mass is 385 g/mol. The normalized spacial score (nSPS) is 12.3. The predicted octanol–water partition coefficient (Wildman–Crippen LogP) is 5.53. The van der Waals surface area contributed by atoms with E-state index in [-0.39, 0.29) is 17.3 Å². The Morgan fingerprint density at radius 1 is 1.00 bits per heavy atom. The number of nitrogens with one attached hydrogen (secondary N) is 2. The molecule has 3 aromatic rings. The average molecular weight is 385 g/mol. The van der Waals surface area contributed by atoms with Crippen molar-refractivity contribution in [3.05, 3.63) is 89.6 Å². The van der Waals surface area contributed by atoms with Crippen LogP contribution in [-0.4, -0.2) is 10.9 Å². The molecule has 3 rings (SSSR count). The fourth-order valence-corrected chi connectivity index (χ4v) is 2.73. The number of para-hydroxylation sites is 1. The van der Waals surface area contributed by atoms with Gasteiger partial charge in [0.1, 0.15) is 5.82 Å². The summed E-state index contributed by atoms with van der Waals surface area (Å²) in [5.74, 6) is -0.192. The van der Waals surface area contributed by atoms with E-state index in [2.05, 4.69) is 15.6 Å². The molecule has 0 aliphatic carbocycles. The summed E-state index contributed by atoms with van der Waals surface area (Å²) in [4.78, 5) is 16.6. The molecule has 0 aliphatic rings. The summed E-state index contributed by atoms with van der Waals surface area (Å²) in [6, 6.07) is 17.4. The van der Waals surface area contributed by atoms with Gasteiger partial charge < -0.3 is 10.6 Å². The van der Waals surface area contributed by atoms with Crippen LogP contribution in [0.25, 0.3) is 0 Å². The second-order valence-corrected chi connectivity index (χ2v) is 6.20. The Bertz CT molecular complexity index is 958. The third-order valence-electron chi connectivity index (χ3n) is 4.17. The van der Waals surface area contributed by atoms with Crippen LogP contribution in [0.4, 0.5) is 24.7 Å². The van der Waals surface area contributed by atoms with E-state index >= 15 is 0 Å². The first-order valence-corrected chi connectivity index (χ1v) is 8.59. The van der Waals surface area contributed by atoms with Gasteiger partial charge in [-0.2, -0.15) is 13.2 Å². The predicted molar refractivity (Wildman–Crippen MR) is 102 cm³/mol. The lowest BCUT2D eigenvalue weighted by Gasteiger charge is -2.16. The molecule has 0 saturated carbocycles. The number of amides is 1. The summed E-state index contributed by atoms with van der Waals surface area (Å²) in [7, 11) is 0. The van der Waals surface area contributed by atoms with Crippen molar-refractivity contribution in [1.82, 2.24) is 4.98 Å². The van der Waals surface area contributed by atoms with Gasteiger partial charge in [0.15, 0.2) is 0 Å². The second-order valence-electron chi connectivity index (χ2n) is 6.20. The Kier molecular flexibility index (Phi) is 5.63. The number of anilines is 2. The molecule has 4 nitrogen and oxygen atoms in total. The van der Waals surface area contributed by atoms with E-state index in [1.807, 2.05) is 37.3 Å². The maximum atomic E-state index is 13.1. The van der Waals surface area contributed by atoms with Gasteiger partial charge in [-0.25, -0.2) is 4.98 Å². The molecule has 0 fully saturated rings. The molecule has 1 aromatic heterocycles. The van der Waals surface area contributed by atoms with Crippen molar-refractivity contribution >= 4 is 17.4 Å². The van der Waals surface area contributed by atoms with E-state index < -0.39 is 17.6 Å². The highest BCUT2D eigenvalue weighted by molar-refractivity contribution is 6.05. The number of nitrogens with zero attached hydrogens (tertiary/aromatic N) is 1. The first-order valence-electron chi connectivity index (χ1n) is 8.59. The standard InChI is InChI=1S/C21H18F3N3O/c1-14(15-7-3-2-4-8-15)26-19-13-16(11-12-25-19)20(28)27-18-10-6-5-9-17(18)21(22,23)24/h2-14H,1H3,(H,25,26)(H,27,28). The lowest BCUT2D eigenvalue weighted by Crippen LogP contribution is -2.17. The van der Waals surface area contributed by atoms with Gasteiger partial charge in [0, 0.05) is 17.8 Å². The summed E-state index contributed by atoms with van der Waals surface area (Å²) in [6.45, 7) is 1.95. The van der Waals surface area contributed by atoms with E-state index in [4.69, 9.17) is 0 Å². The number of hydrogen-bond donors (Lipinski definition) is 2. The number of benzene rings is 2. The molecule has 2 aromatic carbocycles. The Labute approximate surface area is 160 Å². The van der Waals surface area contributed by atoms with Crippen molar-refractivity contribution in [3.63, 3.8) is 0 Å². The summed E-state index contributed by atoms with van der Waals surface area (Å²) in [6.07, 6.45) is -3.12. The average Bonchev–Trinajstić information content (AvgIpc) is 2.68. The number of carbonyl (C=O) groups excluding carboxylic acids is 1. The van der Waals surface area contributed by atoms with E-state index in [0.29, 0.717) is 5.82 Å². The van der Waals surface area contributed by atoms with Gasteiger partial charge in [0.05, 0.1) is 11.3 Å². The minimum absolute atomic E-state index is 0.0574. The minimum Gasteiger partial charge on any atom is -0.364 e. The van der Waals surface area contributed by atoms with Crippen LogP contribution in [0.2, 0.25) is 0 Å². The minimum atomic E-state index is -4.56. The summed E-state index contributed by atoms with van der Waals surface area (Å²) in [5.41, 5.74) is 0.0606. The molecule has 2 N–H and O–H groups in total. The fourth-order valence-electron chi connectivity index (χ4n) is 2.73. The molecule has 1 atom stereocenters. The van der Waals surface area contributed by atoms with Crippen LogP contribution in [0, 0.1) is 0 Å². The molecule has 0 bridgehead atoms. The number of carbonyl (C=O) groups is 1. The van der Waals surface area contributed by atoms with Gasteiger partial charge in [-0.15, -0.1) is 0 Å². The molecule has 0 aliphatic heterocycles. The van der Waals surface area contributed by atoms with Gasteiger partial charge in [0.25, 0.3) is 5.91 Å². The van der Waals surface area contributed by atoms with Gasteiger partial charge in [-0.3, -0.25) is 4.79 Å². The summed E-state index contributed by atoms with van der Waals surface area (Å²) in [5, 5.41) is 5.51. The van der Waals surface area contributed by atoms with Crippen molar-refractivity contribution in [2.45, 2.75) is 19.1 Å². The summed E-state index contributed by atoms with van der Waals surface area (Å²) < 4.78 is 39.3. The molecule has 7 heteroatoms. The third-order valence-corrected chi connectivity index (χ3v) is 4.17. The van der Waals surface area contributed by atoms with Crippen LogP contribution in [0.15, 0.2) is 72.9 Å². The molecule has 0 saturated heterocycles. The van der Waals surface area contributed by atoms with Crippen molar-refractivity contribution < 1.29 is 18.0 Å². The van der Waals surface area contributed by atoms with Crippen LogP contribution in [-0.2, 0) is 6.18 Å². The zero-order chi connectivity index (χ0) is 20.1. The fraction of sp³-hybridized carbons (Fsp3) is 0.143. The van der Waals surface area contributed by atoms with Gasteiger partial charge in [-0.05, 0) is 36.8 Å². The Morgan fingerprint density at radius 2 is 1.68 bits per heavy atom. The zero-order valence-electron chi connectivity index (χ0n) is 15.0. The Morgan fingerprint density at radius 3 is 2.39 bits per heavy atom. The topological polar surface area (TPSA) is 54.0 Å². The smallest absolute Gasteiger partial charge is 0.364 e. The molecule has 0 radical (unpaired) electrons. The maximum Gasteiger partial charge on any atom is 0.418 e. The largest absolute Gasteiger partial charge is 0.418 e. The van der Waals surface area contributed by atoms with Crippen LogP contribution in [0.3, 0.4) is 0 Å². The molecular weight excluding hydrogens is 367 g/mol. The number of pyridine rings is 1. The maximum absolute atomic E-state index is 13.1. The van der Waals surface area contributed by atoms with Gasteiger partial charge >= 0.3 is 6.18 Å². The van der Waals surface area contributed by atoms with Crippen molar-refractivity contribution in [1.29, 1.82) is 0 Å². The van der Waals surface area contributed by atoms with Crippen molar-refractivity contribution in [2.75, 3.05) is 10.6 Å². The lowest BCUT2D eigenvalue weighted by atomic mass is 10.1. The molecule has 144 valence electrons. The van der Waals surface area contributed by atoms with E-state index in [9.17, 15) is 18.0 Å². The molecule has 1 heterocycles. The van der Waals surface area contributed by atoms with Gasteiger partial charge in [-0.1, -0.05) is 42.5 Å². The van der Waals surface area contributed by atoms with E-state index in [0.717, 1.165) is 11.6 Å². The number of halogens is 3. The first-order chi connectivity index (χ1) is 13.3. The first kappa shape index (κ1) is 19.4. The number of hydrogen-bond acceptors (Lipinski definition) is 3. The number of rotatable bonds is 5. The van der Waals surface area contributed by atoms with Crippen LogP contribution >= 0.6 is 0 Å². The zero-order valence-corrected chi connectivity index (χ0v) is 15.0. The third kappa shape index (κ3) is 4.68. The second kappa shape index (κ2) is 8.12. The quantitative estimate of drug-likeness (QED) is 0.608. The number of aromatic nitrogens is 1. The number of alkyl halides is 3. The highest BCUT2D eigenvalue weighted by Crippen LogP contribution is 2.34. The molecule has 1 unspecified atom stereocenters. The van der Waals surface area contributed by atoms with Crippen LogP contribution < -0.4 is 10.6 Å². The van der Waals surface area contributed by atoms with Crippen LogP contribution in [0.1, 0.15) is 34.5 Å². The highest BCUT2D eigenvalue weighted by atomic mass is 19.4. The Hall–Kier alpha value is -3.35. The molecule has 0 spiro atoms. The molecule has 28 heavy (non-hydrogen) atoms. The van der Waals surface area contributed by atoms with Crippen LogP contribution in [0.5, 0.6) is 0 Å². The highest BCUT2D eigenvalue weighted by Gasteiger charge is 2.33. The SMILES string of the molecule is CC(Nc1cc(C(=O)Nc2ccccc2C(F)(F)F)ccn1)c1ccccc1. The van der Waals surface area contributed by atoms with E-state index in [1.165, 1.54) is 36.5 Å². The van der Waals surface area contributed by atoms with Gasteiger partial charge in [0.2, 0.25) is 0 Å².